The molecular formula is C15H14ClN3OS. The standard InChI is InChI=1S/C15H14ClN3OS/c1-19-8-2-3-11(19)6-7-17-14(20)10-4-5-13-12(9-10)18-15(16)21-13/h2-5,8-9H,6-7H2,1H3,(H,17,20). The van der Waals surface area contributed by atoms with Crippen molar-refractivity contribution in [1.82, 2.24) is 14.9 Å². The van der Waals surface area contributed by atoms with E-state index in [4.69, 9.17) is 11.6 Å². The number of aromatic nitrogens is 2. The number of fused-ring (bicyclic) bond motifs is 1. The Morgan fingerprint density at radius 3 is 3.05 bits per heavy atom. The van der Waals surface area contributed by atoms with E-state index in [0.717, 1.165) is 16.6 Å². The number of nitrogens with zero attached hydrogens (tertiary/aromatic N) is 2. The van der Waals surface area contributed by atoms with E-state index in [0.29, 0.717) is 16.6 Å². The summed E-state index contributed by atoms with van der Waals surface area (Å²) in [6.45, 7) is 0.604. The molecule has 0 saturated heterocycles. The molecule has 0 aliphatic rings. The van der Waals surface area contributed by atoms with Crippen LogP contribution >= 0.6 is 22.9 Å². The summed E-state index contributed by atoms with van der Waals surface area (Å²) in [6, 6.07) is 9.50. The fourth-order valence-corrected chi connectivity index (χ4v) is 3.21. The summed E-state index contributed by atoms with van der Waals surface area (Å²) in [5.74, 6) is -0.0877. The molecule has 1 amide bonds. The van der Waals surface area contributed by atoms with Crippen LogP contribution < -0.4 is 5.32 Å². The van der Waals surface area contributed by atoms with Gasteiger partial charge in [0.1, 0.15) is 0 Å². The van der Waals surface area contributed by atoms with Crippen LogP contribution in [0.25, 0.3) is 10.2 Å². The highest BCUT2D eigenvalue weighted by Gasteiger charge is 2.09. The van der Waals surface area contributed by atoms with Gasteiger partial charge in [0.25, 0.3) is 5.91 Å². The molecule has 0 aliphatic heterocycles. The van der Waals surface area contributed by atoms with Crippen LogP contribution in [0.5, 0.6) is 0 Å². The van der Waals surface area contributed by atoms with Crippen LogP contribution in [-0.4, -0.2) is 22.0 Å². The topological polar surface area (TPSA) is 46.9 Å². The molecule has 6 heteroatoms. The highest BCUT2D eigenvalue weighted by Crippen LogP contribution is 2.26. The number of carbonyl (C=O) groups is 1. The number of amides is 1. The minimum Gasteiger partial charge on any atom is -0.354 e. The van der Waals surface area contributed by atoms with Gasteiger partial charge < -0.3 is 9.88 Å². The number of carbonyl (C=O) groups excluding carboxylic acids is 1. The lowest BCUT2D eigenvalue weighted by Crippen LogP contribution is -2.26. The van der Waals surface area contributed by atoms with Crippen LogP contribution in [0.2, 0.25) is 4.47 Å². The van der Waals surface area contributed by atoms with Crippen molar-refractivity contribution in [3.63, 3.8) is 0 Å². The molecule has 108 valence electrons. The normalized spacial score (nSPS) is 11.0. The number of hydrogen-bond acceptors (Lipinski definition) is 3. The van der Waals surface area contributed by atoms with E-state index in [9.17, 15) is 4.79 Å². The van der Waals surface area contributed by atoms with Crippen molar-refractivity contribution in [1.29, 1.82) is 0 Å². The Morgan fingerprint density at radius 1 is 1.43 bits per heavy atom. The quantitative estimate of drug-likeness (QED) is 0.802. The lowest BCUT2D eigenvalue weighted by molar-refractivity contribution is 0.0954. The van der Waals surface area contributed by atoms with Crippen LogP contribution in [0, 0.1) is 0 Å². The summed E-state index contributed by atoms with van der Waals surface area (Å²) in [6.07, 6.45) is 2.80. The maximum absolute atomic E-state index is 12.1. The first-order chi connectivity index (χ1) is 10.1. The molecule has 21 heavy (non-hydrogen) atoms. The minimum absolute atomic E-state index is 0.0877. The number of thiazole rings is 1. The van der Waals surface area contributed by atoms with E-state index in [1.165, 1.54) is 17.0 Å². The molecule has 2 aromatic heterocycles. The summed E-state index contributed by atoms with van der Waals surface area (Å²) in [4.78, 5) is 16.3. The number of hydrogen-bond donors (Lipinski definition) is 1. The molecule has 0 atom stereocenters. The summed E-state index contributed by atoms with van der Waals surface area (Å²) in [7, 11) is 2.00. The molecule has 0 spiro atoms. The maximum atomic E-state index is 12.1. The lowest BCUT2D eigenvalue weighted by atomic mass is 10.2. The average Bonchev–Trinajstić information content (AvgIpc) is 3.02. The molecule has 3 rings (SSSR count). The van der Waals surface area contributed by atoms with Crippen molar-refractivity contribution >= 4 is 39.1 Å². The number of nitrogens with one attached hydrogen (secondary N) is 1. The van der Waals surface area contributed by atoms with Crippen molar-refractivity contribution < 1.29 is 4.79 Å². The van der Waals surface area contributed by atoms with Gasteiger partial charge in [0, 0.05) is 37.5 Å². The Morgan fingerprint density at radius 2 is 2.29 bits per heavy atom. The maximum Gasteiger partial charge on any atom is 0.251 e. The van der Waals surface area contributed by atoms with Crippen LogP contribution in [-0.2, 0) is 13.5 Å². The fraction of sp³-hybridized carbons (Fsp3) is 0.200. The van der Waals surface area contributed by atoms with E-state index in [2.05, 4.69) is 20.9 Å². The van der Waals surface area contributed by atoms with Crippen molar-refractivity contribution in [3.8, 4) is 0 Å². The SMILES string of the molecule is Cn1cccc1CCNC(=O)c1ccc2sc(Cl)nc2c1. The molecule has 0 bridgehead atoms. The van der Waals surface area contributed by atoms with E-state index in [1.807, 2.05) is 25.4 Å². The molecule has 0 fully saturated rings. The number of benzene rings is 1. The van der Waals surface area contributed by atoms with Gasteiger partial charge in [-0.2, -0.15) is 0 Å². The predicted octanol–water partition coefficient (Wildman–Crippen LogP) is 3.26. The van der Waals surface area contributed by atoms with E-state index < -0.39 is 0 Å². The number of aryl methyl sites for hydroxylation is 1. The molecule has 4 nitrogen and oxygen atoms in total. The zero-order valence-electron chi connectivity index (χ0n) is 11.5. The van der Waals surface area contributed by atoms with Crippen LogP contribution in [0.3, 0.4) is 0 Å². The Balaban J connectivity index is 1.65. The van der Waals surface area contributed by atoms with Crippen molar-refractivity contribution in [2.45, 2.75) is 6.42 Å². The molecular weight excluding hydrogens is 306 g/mol. The third-order valence-corrected chi connectivity index (χ3v) is 4.48. The Bertz CT molecular complexity index is 793. The van der Waals surface area contributed by atoms with Crippen LogP contribution in [0.1, 0.15) is 16.1 Å². The molecule has 1 aromatic carbocycles. The second-order valence-electron chi connectivity index (χ2n) is 4.77. The van der Waals surface area contributed by atoms with Gasteiger partial charge in [-0.05, 0) is 30.3 Å². The second kappa shape index (κ2) is 5.87. The lowest BCUT2D eigenvalue weighted by Gasteiger charge is -2.06. The van der Waals surface area contributed by atoms with Crippen LogP contribution in [0.15, 0.2) is 36.5 Å². The number of rotatable bonds is 4. The number of halogens is 1. The largest absolute Gasteiger partial charge is 0.354 e. The third-order valence-electron chi connectivity index (χ3n) is 3.34. The Hall–Kier alpha value is -1.85. The predicted molar refractivity (Wildman–Crippen MR) is 86.1 cm³/mol. The first kappa shape index (κ1) is 14.1. The highest BCUT2D eigenvalue weighted by molar-refractivity contribution is 7.22. The summed E-state index contributed by atoms with van der Waals surface area (Å²) < 4.78 is 3.53. The van der Waals surface area contributed by atoms with Gasteiger partial charge in [0.05, 0.1) is 10.2 Å². The Kier molecular flexibility index (Phi) is 3.94. The molecule has 0 radical (unpaired) electrons. The molecule has 2 heterocycles. The first-order valence-corrected chi connectivity index (χ1v) is 7.77. The fourth-order valence-electron chi connectivity index (χ4n) is 2.20. The smallest absolute Gasteiger partial charge is 0.251 e. The first-order valence-electron chi connectivity index (χ1n) is 6.58. The Labute approximate surface area is 131 Å². The van der Waals surface area contributed by atoms with Crippen molar-refractivity contribution in [2.24, 2.45) is 7.05 Å². The van der Waals surface area contributed by atoms with Gasteiger partial charge in [0.2, 0.25) is 0 Å². The summed E-state index contributed by atoms with van der Waals surface area (Å²) in [5, 5.41) is 2.93. The van der Waals surface area contributed by atoms with Crippen LogP contribution in [0.4, 0.5) is 0 Å². The molecule has 0 saturated carbocycles. The van der Waals surface area contributed by atoms with Gasteiger partial charge in [-0.3, -0.25) is 4.79 Å². The third kappa shape index (κ3) is 3.09. The zero-order valence-corrected chi connectivity index (χ0v) is 13.0. The minimum atomic E-state index is -0.0877. The molecule has 0 unspecified atom stereocenters. The van der Waals surface area contributed by atoms with E-state index in [-0.39, 0.29) is 5.91 Å². The monoisotopic (exact) mass is 319 g/mol. The van der Waals surface area contributed by atoms with Crippen molar-refractivity contribution in [3.05, 3.63) is 52.3 Å². The van der Waals surface area contributed by atoms with Gasteiger partial charge in [-0.25, -0.2) is 4.98 Å². The highest BCUT2D eigenvalue weighted by atomic mass is 35.5. The second-order valence-corrected chi connectivity index (χ2v) is 6.38. The van der Waals surface area contributed by atoms with Gasteiger partial charge in [0.15, 0.2) is 4.47 Å². The van der Waals surface area contributed by atoms with Gasteiger partial charge in [-0.15, -0.1) is 11.3 Å². The zero-order chi connectivity index (χ0) is 14.8. The summed E-state index contributed by atoms with van der Waals surface area (Å²) in [5.41, 5.74) is 2.56. The van der Waals surface area contributed by atoms with Gasteiger partial charge >= 0.3 is 0 Å². The van der Waals surface area contributed by atoms with E-state index >= 15 is 0 Å². The van der Waals surface area contributed by atoms with E-state index in [1.54, 1.807) is 12.1 Å². The molecule has 3 aromatic rings. The molecule has 0 aliphatic carbocycles. The summed E-state index contributed by atoms with van der Waals surface area (Å²) >= 11 is 7.29. The van der Waals surface area contributed by atoms with Gasteiger partial charge in [-0.1, -0.05) is 11.6 Å². The molecule has 1 N–H and O–H groups in total. The van der Waals surface area contributed by atoms with Crippen molar-refractivity contribution in [2.75, 3.05) is 6.54 Å². The average molecular weight is 320 g/mol.